The third-order valence-corrected chi connectivity index (χ3v) is 3.32. The van der Waals surface area contributed by atoms with Gasteiger partial charge >= 0.3 is 0 Å². The fourth-order valence-electron chi connectivity index (χ4n) is 2.33. The van der Waals surface area contributed by atoms with E-state index in [1.807, 2.05) is 44.2 Å². The number of rotatable bonds is 4. The van der Waals surface area contributed by atoms with Crippen molar-refractivity contribution < 1.29 is 0 Å². The Morgan fingerprint density at radius 2 is 1.90 bits per heavy atom. The Bertz CT molecular complexity index is 693. The lowest BCUT2D eigenvalue weighted by Crippen LogP contribution is -2.28. The van der Waals surface area contributed by atoms with Gasteiger partial charge in [0.25, 0.3) is 5.56 Å². The number of terminal acetylenes is 1. The van der Waals surface area contributed by atoms with Crippen molar-refractivity contribution >= 4 is 0 Å². The molecule has 0 unspecified atom stereocenters. The summed E-state index contributed by atoms with van der Waals surface area (Å²) in [6.07, 6.45) is 6.82. The minimum absolute atomic E-state index is 0.0175. The second-order valence-electron chi connectivity index (χ2n) is 4.53. The first-order chi connectivity index (χ1) is 9.72. The Kier molecular flexibility index (Phi) is 4.37. The van der Waals surface area contributed by atoms with Crippen molar-refractivity contribution in [2.75, 3.05) is 0 Å². The number of hydrogen-bond donors (Lipinski definition) is 0. The van der Waals surface area contributed by atoms with E-state index in [4.69, 9.17) is 6.42 Å². The van der Waals surface area contributed by atoms with Crippen LogP contribution in [0.5, 0.6) is 0 Å². The van der Waals surface area contributed by atoms with Crippen LogP contribution < -0.4 is 5.56 Å². The average molecular weight is 266 g/mol. The van der Waals surface area contributed by atoms with Gasteiger partial charge in [0.2, 0.25) is 0 Å². The molecule has 0 saturated carbocycles. The summed E-state index contributed by atoms with van der Waals surface area (Å²) in [5, 5.41) is 0. The van der Waals surface area contributed by atoms with Crippen LogP contribution in [0.15, 0.2) is 35.1 Å². The van der Waals surface area contributed by atoms with Gasteiger partial charge in [-0.15, -0.1) is 6.42 Å². The van der Waals surface area contributed by atoms with Crippen molar-refractivity contribution in [1.82, 2.24) is 9.55 Å². The first-order valence-electron chi connectivity index (χ1n) is 6.84. The Morgan fingerprint density at radius 3 is 2.45 bits per heavy atom. The monoisotopic (exact) mass is 266 g/mol. The molecule has 0 aliphatic carbocycles. The van der Waals surface area contributed by atoms with Gasteiger partial charge in [-0.05, 0) is 12.8 Å². The Labute approximate surface area is 119 Å². The quantitative estimate of drug-likeness (QED) is 0.797. The maximum absolute atomic E-state index is 12.6. The molecule has 102 valence electrons. The highest BCUT2D eigenvalue weighted by atomic mass is 16.1. The zero-order valence-corrected chi connectivity index (χ0v) is 11.9. The zero-order chi connectivity index (χ0) is 14.5. The van der Waals surface area contributed by atoms with Crippen LogP contribution in [0.4, 0.5) is 0 Å². The number of hydrogen-bond acceptors (Lipinski definition) is 2. The number of nitrogens with zero attached hydrogens (tertiary/aromatic N) is 2. The average Bonchev–Trinajstić information content (AvgIpc) is 2.49. The van der Waals surface area contributed by atoms with E-state index in [1.54, 1.807) is 4.57 Å². The molecule has 0 aliphatic rings. The molecule has 0 aliphatic heterocycles. The predicted octanol–water partition coefficient (Wildman–Crippen LogP) is 2.67. The van der Waals surface area contributed by atoms with Crippen molar-refractivity contribution in [3.05, 3.63) is 51.9 Å². The van der Waals surface area contributed by atoms with Gasteiger partial charge in [0.05, 0.1) is 12.2 Å². The summed E-state index contributed by atoms with van der Waals surface area (Å²) in [6.45, 7) is 4.23. The van der Waals surface area contributed by atoms with Crippen LogP contribution in [0.25, 0.3) is 11.4 Å². The van der Waals surface area contributed by atoms with Gasteiger partial charge < -0.3 is 0 Å². The van der Waals surface area contributed by atoms with Crippen LogP contribution in [0.2, 0.25) is 0 Å². The summed E-state index contributed by atoms with van der Waals surface area (Å²) in [7, 11) is 0. The maximum Gasteiger partial charge on any atom is 0.258 e. The first kappa shape index (κ1) is 14.1. The molecule has 1 heterocycles. The molecule has 0 N–H and O–H groups in total. The molecule has 2 rings (SSSR count). The fraction of sp³-hybridized carbons (Fsp3) is 0.294. The van der Waals surface area contributed by atoms with Gasteiger partial charge in [0, 0.05) is 11.1 Å². The molecular weight excluding hydrogens is 248 g/mol. The summed E-state index contributed by atoms with van der Waals surface area (Å²) < 4.78 is 1.59. The van der Waals surface area contributed by atoms with Crippen LogP contribution in [0.3, 0.4) is 0 Å². The van der Waals surface area contributed by atoms with E-state index in [1.165, 1.54) is 0 Å². The van der Waals surface area contributed by atoms with Gasteiger partial charge in [0.1, 0.15) is 5.82 Å². The van der Waals surface area contributed by atoms with E-state index in [2.05, 4.69) is 10.9 Å². The summed E-state index contributed by atoms with van der Waals surface area (Å²) in [5.74, 6) is 3.20. The van der Waals surface area contributed by atoms with Crippen LogP contribution in [0, 0.1) is 12.3 Å². The molecule has 0 amide bonds. The van der Waals surface area contributed by atoms with Crippen molar-refractivity contribution in [3.8, 4) is 23.7 Å². The summed E-state index contributed by atoms with van der Waals surface area (Å²) in [6, 6.07) is 9.69. The molecule has 20 heavy (non-hydrogen) atoms. The van der Waals surface area contributed by atoms with E-state index in [-0.39, 0.29) is 12.1 Å². The maximum atomic E-state index is 12.6. The number of aryl methyl sites for hydroxylation is 1. The SMILES string of the molecule is C#CCn1c(-c2ccccc2)nc(CC)c(CC)c1=O. The summed E-state index contributed by atoms with van der Waals surface area (Å²) in [4.78, 5) is 17.3. The topological polar surface area (TPSA) is 34.9 Å². The third-order valence-electron chi connectivity index (χ3n) is 3.32. The molecule has 0 radical (unpaired) electrons. The number of benzene rings is 1. The van der Waals surface area contributed by atoms with E-state index >= 15 is 0 Å². The molecule has 3 heteroatoms. The van der Waals surface area contributed by atoms with Gasteiger partial charge in [0.15, 0.2) is 0 Å². The van der Waals surface area contributed by atoms with Crippen molar-refractivity contribution in [1.29, 1.82) is 0 Å². The van der Waals surface area contributed by atoms with Crippen molar-refractivity contribution in [2.45, 2.75) is 33.2 Å². The lowest BCUT2D eigenvalue weighted by atomic mass is 10.1. The highest BCUT2D eigenvalue weighted by Gasteiger charge is 2.14. The fourth-order valence-corrected chi connectivity index (χ4v) is 2.33. The zero-order valence-electron chi connectivity index (χ0n) is 11.9. The minimum atomic E-state index is -0.0175. The molecule has 1 aromatic heterocycles. The predicted molar refractivity (Wildman–Crippen MR) is 81.5 cm³/mol. The molecule has 2 aromatic rings. The molecule has 0 fully saturated rings. The second kappa shape index (κ2) is 6.21. The minimum Gasteiger partial charge on any atom is -0.281 e. The first-order valence-corrected chi connectivity index (χ1v) is 6.84. The smallest absolute Gasteiger partial charge is 0.258 e. The normalized spacial score (nSPS) is 10.2. The van der Waals surface area contributed by atoms with E-state index < -0.39 is 0 Å². The molecule has 3 nitrogen and oxygen atoms in total. The van der Waals surface area contributed by atoms with Crippen LogP contribution in [-0.2, 0) is 19.4 Å². The van der Waals surface area contributed by atoms with Gasteiger partial charge in [-0.3, -0.25) is 9.36 Å². The van der Waals surface area contributed by atoms with Crippen molar-refractivity contribution in [3.63, 3.8) is 0 Å². The molecule has 0 spiro atoms. The van der Waals surface area contributed by atoms with Gasteiger partial charge in [-0.2, -0.15) is 0 Å². The standard InChI is InChI=1S/C17H18N2O/c1-4-12-19-16(13-10-8-7-9-11-13)18-15(6-3)14(5-2)17(19)20/h1,7-11H,5-6,12H2,2-3H3. The highest BCUT2D eigenvalue weighted by molar-refractivity contribution is 5.56. The molecule has 0 saturated heterocycles. The molecule has 0 atom stereocenters. The Morgan fingerprint density at radius 1 is 1.20 bits per heavy atom. The lowest BCUT2D eigenvalue weighted by Gasteiger charge is -2.14. The van der Waals surface area contributed by atoms with Crippen LogP contribution >= 0.6 is 0 Å². The van der Waals surface area contributed by atoms with Crippen molar-refractivity contribution in [2.24, 2.45) is 0 Å². The van der Waals surface area contributed by atoms with Gasteiger partial charge in [-0.1, -0.05) is 50.1 Å². The van der Waals surface area contributed by atoms with E-state index in [0.717, 1.165) is 23.2 Å². The van der Waals surface area contributed by atoms with E-state index in [0.29, 0.717) is 12.2 Å². The van der Waals surface area contributed by atoms with Crippen LogP contribution in [0.1, 0.15) is 25.1 Å². The number of aromatic nitrogens is 2. The summed E-state index contributed by atoms with van der Waals surface area (Å²) in [5.41, 5.74) is 2.53. The third kappa shape index (κ3) is 2.50. The second-order valence-corrected chi connectivity index (χ2v) is 4.53. The highest BCUT2D eigenvalue weighted by Crippen LogP contribution is 2.17. The van der Waals surface area contributed by atoms with E-state index in [9.17, 15) is 4.79 Å². The molecule has 1 aromatic carbocycles. The van der Waals surface area contributed by atoms with Gasteiger partial charge in [-0.25, -0.2) is 4.98 Å². The van der Waals surface area contributed by atoms with Crippen LogP contribution in [-0.4, -0.2) is 9.55 Å². The molecule has 0 bridgehead atoms. The Balaban J connectivity index is 2.76. The summed E-state index contributed by atoms with van der Waals surface area (Å²) >= 11 is 0. The Hall–Kier alpha value is -2.34. The largest absolute Gasteiger partial charge is 0.281 e. The molecular formula is C17H18N2O. The lowest BCUT2D eigenvalue weighted by molar-refractivity contribution is 0.743.